The Morgan fingerprint density at radius 1 is 1.44 bits per heavy atom. The van der Waals surface area contributed by atoms with Gasteiger partial charge < -0.3 is 5.73 Å². The van der Waals surface area contributed by atoms with Gasteiger partial charge in [0.25, 0.3) is 0 Å². The molecule has 1 aromatic rings. The summed E-state index contributed by atoms with van der Waals surface area (Å²) in [5.74, 6) is 0. The minimum atomic E-state index is 0.525. The van der Waals surface area contributed by atoms with Crippen LogP contribution in [0, 0.1) is 0 Å². The molecule has 0 spiro atoms. The van der Waals surface area contributed by atoms with Crippen molar-refractivity contribution in [3.05, 3.63) is 23.2 Å². The molecule has 1 aromatic carbocycles. The molecule has 2 N–H and O–H groups in total. The fourth-order valence-corrected chi connectivity index (χ4v) is 0.680. The first-order chi connectivity index (χ1) is 4.20. The number of nitrogens with two attached hydrogens (primary N) is 1. The topological polar surface area (TPSA) is 26.0 Å². The van der Waals surface area contributed by atoms with E-state index in [-0.39, 0.29) is 0 Å². The molecule has 0 bridgehead atoms. The Hall–Kier alpha value is -0.625. The van der Waals surface area contributed by atoms with Gasteiger partial charge in [-0.05, 0) is 18.2 Å². The predicted octanol–water partition coefficient (Wildman–Crippen LogP) is 0.716. The standard InChI is InChI=1S/C6H5BClN/c7-5-3-4(9)1-2-6(5)8/h1-3H,9H2. The summed E-state index contributed by atoms with van der Waals surface area (Å²) >= 11 is 5.60. The Labute approximate surface area is 60.2 Å². The van der Waals surface area contributed by atoms with Crippen molar-refractivity contribution in [2.75, 3.05) is 5.73 Å². The maximum absolute atomic E-state index is 5.60. The monoisotopic (exact) mass is 137 g/mol. The van der Waals surface area contributed by atoms with Crippen molar-refractivity contribution in [2.45, 2.75) is 0 Å². The summed E-state index contributed by atoms with van der Waals surface area (Å²) in [5, 5.41) is 0.546. The zero-order chi connectivity index (χ0) is 6.85. The quantitative estimate of drug-likeness (QED) is 0.414. The van der Waals surface area contributed by atoms with E-state index in [0.29, 0.717) is 16.2 Å². The predicted molar refractivity (Wildman–Crippen MR) is 41.3 cm³/mol. The summed E-state index contributed by atoms with van der Waals surface area (Å²) in [4.78, 5) is 0. The van der Waals surface area contributed by atoms with Crippen molar-refractivity contribution < 1.29 is 0 Å². The van der Waals surface area contributed by atoms with Gasteiger partial charge in [-0.25, -0.2) is 0 Å². The van der Waals surface area contributed by atoms with Crippen LogP contribution in [0.2, 0.25) is 5.02 Å². The minimum Gasteiger partial charge on any atom is -0.399 e. The van der Waals surface area contributed by atoms with Crippen LogP contribution in [0.3, 0.4) is 0 Å². The molecule has 1 nitrogen and oxygen atoms in total. The second-order valence-electron chi connectivity index (χ2n) is 1.78. The smallest absolute Gasteiger partial charge is 0.115 e. The molecule has 0 aliphatic rings. The fourth-order valence-electron chi connectivity index (χ4n) is 0.562. The van der Waals surface area contributed by atoms with Crippen LogP contribution in [0.15, 0.2) is 18.2 Å². The van der Waals surface area contributed by atoms with Gasteiger partial charge in [0.15, 0.2) is 0 Å². The van der Waals surface area contributed by atoms with Crippen molar-refractivity contribution >= 4 is 30.6 Å². The number of rotatable bonds is 0. The summed E-state index contributed by atoms with van der Waals surface area (Å²) in [6.07, 6.45) is 0. The highest BCUT2D eigenvalue weighted by Crippen LogP contribution is 2.06. The highest BCUT2D eigenvalue weighted by atomic mass is 35.5. The molecule has 9 heavy (non-hydrogen) atoms. The number of hydrogen-bond donors (Lipinski definition) is 1. The van der Waals surface area contributed by atoms with Gasteiger partial charge in [-0.15, -0.1) is 0 Å². The molecule has 1 rings (SSSR count). The molecule has 0 aliphatic heterocycles. The Bertz CT molecular complexity index is 224. The summed E-state index contributed by atoms with van der Waals surface area (Å²) < 4.78 is 0. The van der Waals surface area contributed by atoms with Gasteiger partial charge in [0.05, 0.1) is 0 Å². The second-order valence-corrected chi connectivity index (χ2v) is 2.19. The lowest BCUT2D eigenvalue weighted by Gasteiger charge is -1.96. The Kier molecular flexibility index (Phi) is 1.67. The van der Waals surface area contributed by atoms with Crippen LogP contribution in [0.5, 0.6) is 0 Å². The summed E-state index contributed by atoms with van der Waals surface area (Å²) in [6, 6.07) is 5.01. The minimum absolute atomic E-state index is 0.525. The van der Waals surface area contributed by atoms with Gasteiger partial charge in [0.1, 0.15) is 7.85 Å². The molecule has 0 amide bonds. The van der Waals surface area contributed by atoms with Gasteiger partial charge in [0, 0.05) is 10.7 Å². The largest absolute Gasteiger partial charge is 0.399 e. The molecule has 3 heteroatoms. The first-order valence-corrected chi connectivity index (χ1v) is 2.88. The van der Waals surface area contributed by atoms with Gasteiger partial charge >= 0.3 is 0 Å². The van der Waals surface area contributed by atoms with Crippen LogP contribution in [0.25, 0.3) is 0 Å². The Morgan fingerprint density at radius 3 is 2.56 bits per heavy atom. The Morgan fingerprint density at radius 2 is 2.11 bits per heavy atom. The molecule has 0 saturated carbocycles. The van der Waals surface area contributed by atoms with E-state index in [1.165, 1.54) is 0 Å². The van der Waals surface area contributed by atoms with Crippen molar-refractivity contribution in [1.29, 1.82) is 0 Å². The third-order valence-corrected chi connectivity index (χ3v) is 1.36. The molecule has 0 aliphatic carbocycles. The third kappa shape index (κ3) is 1.39. The van der Waals surface area contributed by atoms with Crippen molar-refractivity contribution in [1.82, 2.24) is 0 Å². The van der Waals surface area contributed by atoms with Crippen LogP contribution in [-0.4, -0.2) is 7.85 Å². The van der Waals surface area contributed by atoms with Crippen molar-refractivity contribution in [3.63, 3.8) is 0 Å². The molecule has 0 heterocycles. The summed E-state index contributed by atoms with van der Waals surface area (Å²) in [7, 11) is 5.41. The van der Waals surface area contributed by atoms with E-state index in [2.05, 4.69) is 0 Å². The normalized spacial score (nSPS) is 9.44. The van der Waals surface area contributed by atoms with E-state index < -0.39 is 0 Å². The Balaban J connectivity index is 3.17. The van der Waals surface area contributed by atoms with E-state index >= 15 is 0 Å². The molecule has 0 unspecified atom stereocenters. The van der Waals surface area contributed by atoms with Gasteiger partial charge in [-0.3, -0.25) is 0 Å². The van der Waals surface area contributed by atoms with E-state index in [1.807, 2.05) is 0 Å². The van der Waals surface area contributed by atoms with Crippen LogP contribution < -0.4 is 11.2 Å². The average molecular weight is 137 g/mol. The van der Waals surface area contributed by atoms with E-state index in [1.54, 1.807) is 18.2 Å². The summed E-state index contributed by atoms with van der Waals surface area (Å²) in [5.41, 5.74) is 6.55. The van der Waals surface area contributed by atoms with Gasteiger partial charge in [-0.2, -0.15) is 0 Å². The molecule has 0 atom stereocenters. The van der Waals surface area contributed by atoms with Crippen LogP contribution in [-0.2, 0) is 0 Å². The molecule has 44 valence electrons. The maximum Gasteiger partial charge on any atom is 0.115 e. The highest BCUT2D eigenvalue weighted by Gasteiger charge is 1.91. The van der Waals surface area contributed by atoms with E-state index in [4.69, 9.17) is 25.2 Å². The third-order valence-electron chi connectivity index (χ3n) is 1.02. The first-order valence-electron chi connectivity index (χ1n) is 2.50. The maximum atomic E-state index is 5.60. The van der Waals surface area contributed by atoms with Crippen molar-refractivity contribution in [3.8, 4) is 0 Å². The van der Waals surface area contributed by atoms with Crippen LogP contribution >= 0.6 is 11.6 Å². The number of anilines is 1. The lowest BCUT2D eigenvalue weighted by atomic mass is 9.96. The first kappa shape index (κ1) is 6.49. The van der Waals surface area contributed by atoms with Crippen LogP contribution in [0.1, 0.15) is 0 Å². The molecule has 0 aromatic heterocycles. The molecular weight excluding hydrogens is 132 g/mol. The highest BCUT2D eigenvalue weighted by molar-refractivity contribution is 6.45. The van der Waals surface area contributed by atoms with Crippen molar-refractivity contribution in [2.24, 2.45) is 0 Å². The molecule has 2 radical (unpaired) electrons. The van der Waals surface area contributed by atoms with Crippen LogP contribution in [0.4, 0.5) is 5.69 Å². The average Bonchev–Trinajstić information content (AvgIpc) is 1.80. The number of halogens is 1. The van der Waals surface area contributed by atoms with Gasteiger partial charge in [0.2, 0.25) is 0 Å². The van der Waals surface area contributed by atoms with E-state index in [9.17, 15) is 0 Å². The number of nitrogen functional groups attached to an aromatic ring is 1. The summed E-state index contributed by atoms with van der Waals surface area (Å²) in [6.45, 7) is 0. The lowest BCUT2D eigenvalue weighted by molar-refractivity contribution is 1.73. The number of benzene rings is 1. The second kappa shape index (κ2) is 2.32. The molecule has 0 saturated heterocycles. The lowest BCUT2D eigenvalue weighted by Crippen LogP contribution is -2.04. The molecule has 0 fully saturated rings. The zero-order valence-electron chi connectivity index (χ0n) is 4.76. The van der Waals surface area contributed by atoms with Gasteiger partial charge in [-0.1, -0.05) is 17.1 Å². The SMILES string of the molecule is [B]c1cc(N)ccc1Cl. The van der Waals surface area contributed by atoms with E-state index in [0.717, 1.165) is 0 Å². The fraction of sp³-hybridized carbons (Fsp3) is 0. The zero-order valence-corrected chi connectivity index (χ0v) is 5.52. The molecular formula is C6H5BClN. The number of hydrogen-bond acceptors (Lipinski definition) is 1.